The number of nitriles is 2. The highest BCUT2D eigenvalue weighted by molar-refractivity contribution is 5.52. The fourth-order valence-corrected chi connectivity index (χ4v) is 2.04. The van der Waals surface area contributed by atoms with Gasteiger partial charge >= 0.3 is 0 Å². The Morgan fingerprint density at radius 2 is 2.09 bits per heavy atom. The molecule has 6 heteroatoms. The molecule has 1 saturated heterocycles. The Bertz CT molecular complexity index is 579. The van der Waals surface area contributed by atoms with Crippen molar-refractivity contribution in [3.8, 4) is 17.9 Å². The first-order valence-corrected chi connectivity index (χ1v) is 7.11. The van der Waals surface area contributed by atoms with Crippen LogP contribution >= 0.6 is 0 Å². The van der Waals surface area contributed by atoms with E-state index in [9.17, 15) is 0 Å². The van der Waals surface area contributed by atoms with Gasteiger partial charge in [-0.05, 0) is 12.1 Å². The summed E-state index contributed by atoms with van der Waals surface area (Å²) >= 11 is 0. The van der Waals surface area contributed by atoms with Crippen LogP contribution in [0.2, 0.25) is 0 Å². The van der Waals surface area contributed by atoms with Crippen LogP contribution in [0.25, 0.3) is 0 Å². The maximum absolute atomic E-state index is 8.68. The maximum atomic E-state index is 8.68. The lowest BCUT2D eigenvalue weighted by atomic mass is 10.3. The normalized spacial score (nSPS) is 14.5. The van der Waals surface area contributed by atoms with Gasteiger partial charge < -0.3 is 14.8 Å². The van der Waals surface area contributed by atoms with Crippen LogP contribution in [0.3, 0.4) is 0 Å². The van der Waals surface area contributed by atoms with E-state index in [0.29, 0.717) is 6.61 Å². The summed E-state index contributed by atoms with van der Waals surface area (Å²) in [5.41, 5.74) is 0.797. The quantitative estimate of drug-likeness (QED) is 0.806. The summed E-state index contributed by atoms with van der Waals surface area (Å²) in [4.78, 5) is 2.31. The lowest BCUT2D eigenvalue weighted by Crippen LogP contribution is -2.38. The molecule has 0 spiro atoms. The van der Waals surface area contributed by atoms with Gasteiger partial charge in [-0.25, -0.2) is 0 Å². The van der Waals surface area contributed by atoms with Crippen LogP contribution in [0.5, 0.6) is 5.75 Å². The van der Waals surface area contributed by atoms with Gasteiger partial charge in [-0.3, -0.25) is 4.90 Å². The molecule has 1 aliphatic heterocycles. The number of morpholine rings is 1. The lowest BCUT2D eigenvalue weighted by Gasteiger charge is -2.26. The van der Waals surface area contributed by atoms with Gasteiger partial charge in [-0.15, -0.1) is 0 Å². The molecule has 0 aromatic heterocycles. The molecule has 1 fully saturated rings. The van der Waals surface area contributed by atoms with Gasteiger partial charge in [0.15, 0.2) is 0 Å². The summed E-state index contributed by atoms with van der Waals surface area (Å²) < 4.78 is 11.0. The summed E-state index contributed by atoms with van der Waals surface area (Å²) in [6, 6.07) is 11.0. The van der Waals surface area contributed by atoms with E-state index in [4.69, 9.17) is 20.0 Å². The van der Waals surface area contributed by atoms with Crippen LogP contribution in [-0.2, 0) is 4.74 Å². The Labute approximate surface area is 130 Å². The minimum atomic E-state index is 0.0265. The average molecular weight is 298 g/mol. The molecular weight excluding hydrogens is 280 g/mol. The molecule has 22 heavy (non-hydrogen) atoms. The van der Waals surface area contributed by atoms with Gasteiger partial charge in [0, 0.05) is 37.6 Å². The van der Waals surface area contributed by atoms with Crippen LogP contribution in [0.15, 0.2) is 36.0 Å². The summed E-state index contributed by atoms with van der Waals surface area (Å²) in [5, 5.41) is 20.3. The number of hydrogen-bond acceptors (Lipinski definition) is 6. The predicted octanol–water partition coefficient (Wildman–Crippen LogP) is 1.74. The third kappa shape index (κ3) is 5.10. The first kappa shape index (κ1) is 15.8. The van der Waals surface area contributed by atoms with E-state index in [2.05, 4.69) is 10.2 Å². The molecule has 0 unspecified atom stereocenters. The summed E-state index contributed by atoms with van der Waals surface area (Å²) in [6.07, 6.45) is 1.38. The molecule has 114 valence electrons. The van der Waals surface area contributed by atoms with Crippen LogP contribution in [0.1, 0.15) is 0 Å². The second kappa shape index (κ2) is 8.68. The molecule has 0 aliphatic carbocycles. The Balaban J connectivity index is 1.82. The van der Waals surface area contributed by atoms with Crippen molar-refractivity contribution >= 4 is 5.69 Å². The van der Waals surface area contributed by atoms with E-state index in [1.807, 2.05) is 24.3 Å². The zero-order chi connectivity index (χ0) is 15.6. The van der Waals surface area contributed by atoms with Crippen LogP contribution in [0.4, 0.5) is 5.69 Å². The van der Waals surface area contributed by atoms with Crippen molar-refractivity contribution in [2.75, 3.05) is 44.8 Å². The fraction of sp³-hybridized carbons (Fsp3) is 0.375. The molecular formula is C16H18N4O2. The molecule has 0 radical (unpaired) electrons. The second-order valence-corrected chi connectivity index (χ2v) is 4.76. The molecule has 1 aliphatic rings. The Morgan fingerprint density at radius 3 is 2.82 bits per heavy atom. The highest BCUT2D eigenvalue weighted by Crippen LogP contribution is 2.17. The van der Waals surface area contributed by atoms with Gasteiger partial charge in [0.1, 0.15) is 30.1 Å². The van der Waals surface area contributed by atoms with Gasteiger partial charge in [0.2, 0.25) is 0 Å². The van der Waals surface area contributed by atoms with Gasteiger partial charge in [-0.2, -0.15) is 10.5 Å². The summed E-state index contributed by atoms with van der Waals surface area (Å²) in [6.45, 7) is 4.94. The molecule has 1 aromatic rings. The fourth-order valence-electron chi connectivity index (χ4n) is 2.04. The number of hydrogen-bond donors (Lipinski definition) is 1. The predicted molar refractivity (Wildman–Crippen MR) is 82.1 cm³/mol. The average Bonchev–Trinajstić information content (AvgIpc) is 2.57. The monoisotopic (exact) mass is 298 g/mol. The molecule has 0 bridgehead atoms. The molecule has 1 heterocycles. The number of ether oxygens (including phenoxy) is 2. The number of anilines is 1. The molecule has 0 amide bonds. The molecule has 1 N–H and O–H groups in total. The second-order valence-electron chi connectivity index (χ2n) is 4.76. The van der Waals surface area contributed by atoms with Crippen LogP contribution in [-0.4, -0.2) is 44.4 Å². The van der Waals surface area contributed by atoms with Crippen molar-refractivity contribution in [1.29, 1.82) is 10.5 Å². The van der Waals surface area contributed by atoms with Crippen molar-refractivity contribution in [2.45, 2.75) is 0 Å². The Morgan fingerprint density at radius 1 is 1.32 bits per heavy atom. The standard InChI is InChI=1S/C16H18N4O2/c17-11-14(12-18)13-19-15-2-1-3-16(10-15)22-9-6-20-4-7-21-8-5-20/h1-3,10,13,19H,4-9H2. The van der Waals surface area contributed by atoms with E-state index in [-0.39, 0.29) is 5.57 Å². The Kier molecular flexibility index (Phi) is 6.25. The van der Waals surface area contributed by atoms with Crippen molar-refractivity contribution in [3.63, 3.8) is 0 Å². The zero-order valence-corrected chi connectivity index (χ0v) is 12.3. The largest absolute Gasteiger partial charge is 0.492 e. The first-order chi connectivity index (χ1) is 10.8. The number of rotatable bonds is 6. The molecule has 2 rings (SSSR count). The minimum Gasteiger partial charge on any atom is -0.492 e. The van der Waals surface area contributed by atoms with E-state index in [0.717, 1.165) is 44.3 Å². The third-order valence-corrected chi connectivity index (χ3v) is 3.24. The third-order valence-electron chi connectivity index (χ3n) is 3.24. The smallest absolute Gasteiger partial charge is 0.145 e. The summed E-state index contributed by atoms with van der Waals surface area (Å²) in [7, 11) is 0. The van der Waals surface area contributed by atoms with Crippen LogP contribution in [0, 0.1) is 22.7 Å². The van der Waals surface area contributed by atoms with E-state index >= 15 is 0 Å². The van der Waals surface area contributed by atoms with E-state index in [1.54, 1.807) is 12.1 Å². The number of nitrogens with one attached hydrogen (secondary N) is 1. The van der Waals surface area contributed by atoms with Crippen molar-refractivity contribution < 1.29 is 9.47 Å². The molecule has 0 atom stereocenters. The minimum absolute atomic E-state index is 0.0265. The highest BCUT2D eigenvalue weighted by Gasteiger charge is 2.09. The number of nitrogens with zero attached hydrogens (tertiary/aromatic N) is 3. The number of allylic oxidation sites excluding steroid dienone is 1. The molecule has 1 aromatic carbocycles. The van der Waals surface area contributed by atoms with Gasteiger partial charge in [0.25, 0.3) is 0 Å². The molecule has 6 nitrogen and oxygen atoms in total. The van der Waals surface area contributed by atoms with Gasteiger partial charge in [0.05, 0.1) is 13.2 Å². The molecule has 0 saturated carbocycles. The zero-order valence-electron chi connectivity index (χ0n) is 12.3. The van der Waals surface area contributed by atoms with Crippen molar-refractivity contribution in [2.24, 2.45) is 0 Å². The topological polar surface area (TPSA) is 81.3 Å². The van der Waals surface area contributed by atoms with Crippen molar-refractivity contribution in [1.82, 2.24) is 4.90 Å². The first-order valence-electron chi connectivity index (χ1n) is 7.11. The van der Waals surface area contributed by atoms with E-state index < -0.39 is 0 Å². The summed E-state index contributed by atoms with van der Waals surface area (Å²) in [5.74, 6) is 0.752. The van der Waals surface area contributed by atoms with Crippen LogP contribution < -0.4 is 10.1 Å². The maximum Gasteiger partial charge on any atom is 0.145 e. The Hall–Kier alpha value is -2.54. The SMILES string of the molecule is N#CC(C#N)=CNc1cccc(OCCN2CCOCC2)c1. The number of benzene rings is 1. The van der Waals surface area contributed by atoms with Gasteiger partial charge in [-0.1, -0.05) is 6.07 Å². The lowest BCUT2D eigenvalue weighted by molar-refractivity contribution is 0.0322. The van der Waals surface area contributed by atoms with E-state index in [1.165, 1.54) is 6.20 Å². The highest BCUT2D eigenvalue weighted by atomic mass is 16.5. The van der Waals surface area contributed by atoms with Crippen molar-refractivity contribution in [3.05, 3.63) is 36.0 Å².